The summed E-state index contributed by atoms with van der Waals surface area (Å²) < 4.78 is 28.3. The number of phenolic OH excluding ortho intramolecular Hbond substituents is 2. The van der Waals surface area contributed by atoms with Gasteiger partial charge in [0.1, 0.15) is 17.3 Å². The highest BCUT2D eigenvalue weighted by atomic mass is 32.2. The molecule has 0 amide bonds. The first kappa shape index (κ1) is 18.4. The Morgan fingerprint density at radius 2 is 1.78 bits per heavy atom. The summed E-state index contributed by atoms with van der Waals surface area (Å²) in [5.74, 6) is -6.39. The van der Waals surface area contributed by atoms with Crippen LogP contribution in [0.4, 0.5) is 5.69 Å². The maximum atomic E-state index is 11.9. The Morgan fingerprint density at radius 1 is 1.26 bits per heavy atom. The highest BCUT2D eigenvalue weighted by Crippen LogP contribution is 2.39. The van der Waals surface area contributed by atoms with Gasteiger partial charge in [0.2, 0.25) is 5.75 Å². The molecule has 0 unspecified atom stereocenters. The second-order valence-corrected chi connectivity index (χ2v) is 6.26. The van der Waals surface area contributed by atoms with Crippen molar-refractivity contribution in [2.45, 2.75) is 13.8 Å². The molecule has 0 atom stereocenters. The molecule has 0 radical (unpaired) electrons. The molecule has 1 aromatic carbocycles. The molecule has 0 heterocycles. The van der Waals surface area contributed by atoms with E-state index in [1.165, 1.54) is 0 Å². The number of phenols is 2. The maximum absolute atomic E-state index is 11.9. The predicted molar refractivity (Wildman–Crippen MR) is 75.7 cm³/mol. The van der Waals surface area contributed by atoms with Crippen LogP contribution in [0.3, 0.4) is 0 Å². The van der Waals surface area contributed by atoms with Gasteiger partial charge in [-0.3, -0.25) is 19.7 Å². The fraction of sp³-hybridized carbons (Fsp3) is 0.333. The fourth-order valence-electron chi connectivity index (χ4n) is 1.67. The minimum Gasteiger partial charge on any atom is -0.504 e. The molecule has 0 aromatic heterocycles. The van der Waals surface area contributed by atoms with Crippen LogP contribution in [0.5, 0.6) is 17.2 Å². The minimum atomic E-state index is -4.45. The van der Waals surface area contributed by atoms with E-state index >= 15 is 0 Å². The lowest BCUT2D eigenvalue weighted by Gasteiger charge is -2.12. The second-order valence-electron chi connectivity index (χ2n) is 4.65. The van der Waals surface area contributed by atoms with Crippen LogP contribution in [0.2, 0.25) is 0 Å². The van der Waals surface area contributed by atoms with Crippen LogP contribution in [0.15, 0.2) is 12.1 Å². The van der Waals surface area contributed by atoms with Crippen LogP contribution < -0.4 is 4.18 Å². The first-order valence-electron chi connectivity index (χ1n) is 6.08. The van der Waals surface area contributed by atoms with E-state index in [0.717, 1.165) is 13.8 Å². The van der Waals surface area contributed by atoms with Gasteiger partial charge >= 0.3 is 15.8 Å². The number of nitrogens with zero attached hydrogens (tertiary/aromatic N) is 1. The molecule has 0 aliphatic rings. The van der Waals surface area contributed by atoms with Crippen LogP contribution in [0, 0.1) is 16.0 Å². The van der Waals surface area contributed by atoms with Gasteiger partial charge in [0.25, 0.3) is 0 Å². The van der Waals surface area contributed by atoms with Crippen molar-refractivity contribution in [3.05, 3.63) is 22.2 Å². The van der Waals surface area contributed by atoms with E-state index in [1.54, 1.807) is 0 Å². The predicted octanol–water partition coefficient (Wildman–Crippen LogP) is 0.509. The molecule has 2 N–H and O–H groups in total. The summed E-state index contributed by atoms with van der Waals surface area (Å²) in [6, 6.07) is 1.24. The summed E-state index contributed by atoms with van der Waals surface area (Å²) in [6.45, 7) is 2.08. The third-order valence-corrected chi connectivity index (χ3v) is 4.00. The van der Waals surface area contributed by atoms with Gasteiger partial charge in [-0.05, 0) is 13.8 Å². The number of rotatable bonds is 7. The smallest absolute Gasteiger partial charge is 0.318 e. The van der Waals surface area contributed by atoms with Gasteiger partial charge in [-0.15, -0.1) is 0 Å². The molecule has 126 valence electrons. The van der Waals surface area contributed by atoms with Gasteiger partial charge in [0, 0.05) is 6.07 Å². The molecule has 0 saturated heterocycles. The lowest BCUT2D eigenvalue weighted by Crippen LogP contribution is -2.30. The van der Waals surface area contributed by atoms with Crippen molar-refractivity contribution >= 4 is 27.4 Å². The van der Waals surface area contributed by atoms with Crippen LogP contribution in [0.1, 0.15) is 13.8 Å². The number of hydrogen-bond acceptors (Lipinski definition) is 9. The van der Waals surface area contributed by atoms with Crippen LogP contribution in [-0.4, -0.2) is 40.9 Å². The zero-order chi connectivity index (χ0) is 17.9. The molecule has 1 rings (SSSR count). The van der Waals surface area contributed by atoms with Crippen molar-refractivity contribution < 1.29 is 37.3 Å². The van der Waals surface area contributed by atoms with Crippen molar-refractivity contribution in [1.82, 2.24) is 0 Å². The topological polar surface area (TPSA) is 161 Å². The van der Waals surface area contributed by atoms with Crippen molar-refractivity contribution in [3.63, 3.8) is 0 Å². The summed E-state index contributed by atoms with van der Waals surface area (Å²) >= 11 is 0. The number of nitro groups is 1. The van der Waals surface area contributed by atoms with Gasteiger partial charge in [-0.25, -0.2) is 0 Å². The van der Waals surface area contributed by atoms with Gasteiger partial charge in [0.05, 0.1) is 16.9 Å². The number of carbonyl (C=O) groups is 2. The standard InChI is InChI=1S/C12H13NO9S/c1-6(14)9(7(2)15)5-23(20,21)22-8-3-10(13(18)19)12(17)11(16)4-8/h3-4,9,16-17H,5H2,1-2H3. The number of nitro benzene ring substituents is 1. The first-order valence-corrected chi connectivity index (χ1v) is 7.65. The molecular formula is C12H13NO9S. The number of ketones is 2. The van der Waals surface area contributed by atoms with Gasteiger partial charge < -0.3 is 14.4 Å². The normalized spacial score (nSPS) is 11.3. The molecule has 11 heteroatoms. The number of Topliss-reactive ketones (excluding diaryl/α,β-unsaturated/α-hetero) is 2. The van der Waals surface area contributed by atoms with Crippen LogP contribution >= 0.6 is 0 Å². The minimum absolute atomic E-state index is 0.586. The van der Waals surface area contributed by atoms with Gasteiger partial charge in [-0.1, -0.05) is 0 Å². The van der Waals surface area contributed by atoms with E-state index < -0.39 is 61.2 Å². The van der Waals surface area contributed by atoms with E-state index in [-0.39, 0.29) is 0 Å². The van der Waals surface area contributed by atoms with Gasteiger partial charge in [-0.2, -0.15) is 8.42 Å². The van der Waals surface area contributed by atoms with E-state index in [0.29, 0.717) is 12.1 Å². The second kappa shape index (κ2) is 6.60. The van der Waals surface area contributed by atoms with E-state index in [2.05, 4.69) is 4.18 Å². The molecular weight excluding hydrogens is 334 g/mol. The number of carbonyl (C=O) groups excluding carboxylic acids is 2. The molecule has 0 fully saturated rings. The highest BCUT2D eigenvalue weighted by molar-refractivity contribution is 7.87. The molecule has 23 heavy (non-hydrogen) atoms. The Labute approximate surface area is 130 Å². The first-order chi connectivity index (χ1) is 10.4. The zero-order valence-corrected chi connectivity index (χ0v) is 12.9. The van der Waals surface area contributed by atoms with Crippen molar-refractivity contribution in [3.8, 4) is 17.2 Å². The van der Waals surface area contributed by atoms with Crippen LogP contribution in [0.25, 0.3) is 0 Å². The maximum Gasteiger partial charge on any atom is 0.318 e. The highest BCUT2D eigenvalue weighted by Gasteiger charge is 2.29. The Bertz CT molecular complexity index is 755. The monoisotopic (exact) mass is 347 g/mol. The van der Waals surface area contributed by atoms with E-state index in [1.807, 2.05) is 0 Å². The Hall–Kier alpha value is -2.69. The van der Waals surface area contributed by atoms with Crippen molar-refractivity contribution in [1.29, 1.82) is 0 Å². The summed E-state index contributed by atoms with van der Waals surface area (Å²) in [4.78, 5) is 32.1. The molecule has 0 aliphatic heterocycles. The lowest BCUT2D eigenvalue weighted by molar-refractivity contribution is -0.386. The largest absolute Gasteiger partial charge is 0.504 e. The van der Waals surface area contributed by atoms with Crippen LogP contribution in [-0.2, 0) is 19.7 Å². The molecule has 0 saturated carbocycles. The third-order valence-electron chi connectivity index (χ3n) is 2.82. The number of aromatic hydroxyl groups is 2. The summed E-state index contributed by atoms with van der Waals surface area (Å²) in [5.41, 5.74) is -0.968. The third kappa shape index (κ3) is 4.64. The quantitative estimate of drug-likeness (QED) is 0.235. The molecule has 10 nitrogen and oxygen atoms in total. The lowest BCUT2D eigenvalue weighted by atomic mass is 10.0. The number of benzene rings is 1. The summed E-state index contributed by atoms with van der Waals surface area (Å²) in [5, 5.41) is 29.3. The average Bonchev–Trinajstić information content (AvgIpc) is 2.38. The number of hydrogen-bond donors (Lipinski definition) is 2. The van der Waals surface area contributed by atoms with E-state index in [4.69, 9.17) is 0 Å². The Kier molecular flexibility index (Phi) is 5.27. The zero-order valence-electron chi connectivity index (χ0n) is 12.0. The molecule has 0 spiro atoms. The summed E-state index contributed by atoms with van der Waals surface area (Å²) in [6.07, 6.45) is 0. The van der Waals surface area contributed by atoms with Gasteiger partial charge in [0.15, 0.2) is 11.5 Å². The fourth-order valence-corrected chi connectivity index (χ4v) is 3.01. The molecule has 0 aliphatic carbocycles. The summed E-state index contributed by atoms with van der Waals surface area (Å²) in [7, 11) is -4.45. The molecule has 0 bridgehead atoms. The average molecular weight is 347 g/mol. The van der Waals surface area contributed by atoms with E-state index in [9.17, 15) is 38.3 Å². The van der Waals surface area contributed by atoms with Crippen molar-refractivity contribution in [2.24, 2.45) is 5.92 Å². The van der Waals surface area contributed by atoms with Crippen molar-refractivity contribution in [2.75, 3.05) is 5.75 Å². The SMILES string of the molecule is CC(=O)C(CS(=O)(=O)Oc1cc(O)c(O)c([N+](=O)[O-])c1)C(C)=O. The molecule has 1 aromatic rings. The Balaban J connectivity index is 3.13. The Morgan fingerprint density at radius 3 is 2.22 bits per heavy atom.